The number of aryl methyl sites for hydroxylation is 2. The van der Waals surface area contributed by atoms with Crippen LogP contribution in [0.2, 0.25) is 0 Å². The van der Waals surface area contributed by atoms with Crippen LogP contribution in [0.15, 0.2) is 28.4 Å². The van der Waals surface area contributed by atoms with E-state index in [1.54, 1.807) is 11.7 Å². The minimum Gasteiger partial charge on any atom is -0.496 e. The Labute approximate surface area is 155 Å². The molecule has 3 aromatic rings. The monoisotopic (exact) mass is 371 g/mol. The summed E-state index contributed by atoms with van der Waals surface area (Å²) >= 11 is 1.45. The number of methoxy groups -OCH3 is 1. The molecule has 2 heterocycles. The van der Waals surface area contributed by atoms with Crippen molar-refractivity contribution in [1.29, 1.82) is 0 Å². The zero-order valence-corrected chi connectivity index (χ0v) is 15.9. The standard InChI is InChI=1S/C19H21N3O3S/c1-4-16-21-18-17(19(24)22(16)8-7-15(20)23)13(10-26-18)12-5-6-14(25-3)11(2)9-12/h5-6,9-10H,4,7-8H2,1-3H3,(H2,20,23). The van der Waals surface area contributed by atoms with Crippen LogP contribution in [0.25, 0.3) is 21.3 Å². The van der Waals surface area contributed by atoms with E-state index in [-0.39, 0.29) is 18.5 Å². The number of primary amides is 1. The average Bonchev–Trinajstić information content (AvgIpc) is 3.04. The van der Waals surface area contributed by atoms with Crippen LogP contribution >= 0.6 is 11.3 Å². The molecule has 2 N–H and O–H groups in total. The lowest BCUT2D eigenvalue weighted by Crippen LogP contribution is -2.27. The maximum absolute atomic E-state index is 13.1. The van der Waals surface area contributed by atoms with Crippen LogP contribution in [0.5, 0.6) is 5.75 Å². The lowest BCUT2D eigenvalue weighted by atomic mass is 10.0. The third kappa shape index (κ3) is 3.22. The number of nitrogens with zero attached hydrogens (tertiary/aromatic N) is 2. The van der Waals surface area contributed by atoms with Gasteiger partial charge in [-0.1, -0.05) is 13.0 Å². The summed E-state index contributed by atoms with van der Waals surface area (Å²) in [6, 6.07) is 5.84. The van der Waals surface area contributed by atoms with Crippen molar-refractivity contribution in [3.05, 3.63) is 45.3 Å². The number of nitrogens with two attached hydrogens (primary N) is 1. The third-order valence-corrected chi connectivity index (χ3v) is 5.25. The van der Waals surface area contributed by atoms with Crippen molar-refractivity contribution < 1.29 is 9.53 Å². The highest BCUT2D eigenvalue weighted by Gasteiger charge is 2.17. The first kappa shape index (κ1) is 18.1. The van der Waals surface area contributed by atoms with Gasteiger partial charge in [-0.2, -0.15) is 0 Å². The van der Waals surface area contributed by atoms with Gasteiger partial charge in [-0.05, 0) is 30.2 Å². The van der Waals surface area contributed by atoms with Gasteiger partial charge in [0.1, 0.15) is 16.4 Å². The normalized spacial score (nSPS) is 11.0. The van der Waals surface area contributed by atoms with Crippen LogP contribution in [-0.4, -0.2) is 22.6 Å². The summed E-state index contributed by atoms with van der Waals surface area (Å²) in [6.45, 7) is 4.16. The summed E-state index contributed by atoms with van der Waals surface area (Å²) in [7, 11) is 1.63. The second-order valence-corrected chi connectivity index (χ2v) is 6.93. The number of hydrogen-bond donors (Lipinski definition) is 1. The second kappa shape index (κ2) is 7.29. The van der Waals surface area contributed by atoms with Crippen LogP contribution in [0, 0.1) is 6.92 Å². The minimum atomic E-state index is -0.435. The van der Waals surface area contributed by atoms with E-state index in [0.29, 0.717) is 22.5 Å². The van der Waals surface area contributed by atoms with Crippen molar-refractivity contribution in [2.45, 2.75) is 33.2 Å². The molecule has 26 heavy (non-hydrogen) atoms. The first-order valence-electron chi connectivity index (χ1n) is 8.40. The van der Waals surface area contributed by atoms with Gasteiger partial charge in [-0.3, -0.25) is 14.2 Å². The quantitative estimate of drug-likeness (QED) is 0.722. The number of benzene rings is 1. The Bertz CT molecular complexity index is 1040. The van der Waals surface area contributed by atoms with Gasteiger partial charge in [0.05, 0.1) is 12.5 Å². The summed E-state index contributed by atoms with van der Waals surface area (Å²) in [5.41, 5.74) is 7.92. The molecule has 1 aromatic carbocycles. The van der Waals surface area contributed by atoms with Crippen molar-refractivity contribution in [3.8, 4) is 16.9 Å². The van der Waals surface area contributed by atoms with E-state index in [0.717, 1.165) is 22.4 Å². The zero-order valence-electron chi connectivity index (χ0n) is 15.0. The predicted molar refractivity (Wildman–Crippen MR) is 104 cm³/mol. The minimum absolute atomic E-state index is 0.112. The van der Waals surface area contributed by atoms with Gasteiger partial charge in [0.15, 0.2) is 0 Å². The Balaban J connectivity index is 2.19. The fourth-order valence-corrected chi connectivity index (χ4v) is 4.00. The largest absolute Gasteiger partial charge is 0.496 e. The molecule has 6 nitrogen and oxygen atoms in total. The predicted octanol–water partition coefficient (Wildman–Crippen LogP) is 2.88. The lowest BCUT2D eigenvalue weighted by molar-refractivity contribution is -0.118. The molecule has 1 amide bonds. The Morgan fingerprint density at radius 1 is 1.38 bits per heavy atom. The molecule has 3 rings (SSSR count). The van der Waals surface area contributed by atoms with E-state index in [4.69, 9.17) is 10.5 Å². The fourth-order valence-electron chi connectivity index (χ4n) is 3.05. The zero-order chi connectivity index (χ0) is 18.8. The van der Waals surface area contributed by atoms with Gasteiger partial charge in [0, 0.05) is 30.3 Å². The van der Waals surface area contributed by atoms with Crippen molar-refractivity contribution in [3.63, 3.8) is 0 Å². The number of carbonyl (C=O) groups excluding carboxylic acids is 1. The molecule has 0 saturated heterocycles. The molecule has 0 aliphatic heterocycles. The van der Waals surface area contributed by atoms with Gasteiger partial charge >= 0.3 is 0 Å². The van der Waals surface area contributed by atoms with Crippen LogP contribution in [0.4, 0.5) is 0 Å². The molecule has 7 heteroatoms. The van der Waals surface area contributed by atoms with Crippen LogP contribution in [0.1, 0.15) is 24.7 Å². The molecule has 0 bridgehead atoms. The van der Waals surface area contributed by atoms with E-state index in [1.807, 2.05) is 37.4 Å². The first-order valence-corrected chi connectivity index (χ1v) is 9.28. The van der Waals surface area contributed by atoms with Gasteiger partial charge < -0.3 is 10.5 Å². The van der Waals surface area contributed by atoms with Gasteiger partial charge in [0.25, 0.3) is 5.56 Å². The van der Waals surface area contributed by atoms with Crippen LogP contribution in [0.3, 0.4) is 0 Å². The first-order chi connectivity index (χ1) is 12.5. The Morgan fingerprint density at radius 3 is 2.77 bits per heavy atom. The molecular formula is C19H21N3O3S. The van der Waals surface area contributed by atoms with E-state index < -0.39 is 5.91 Å². The molecule has 136 valence electrons. The van der Waals surface area contributed by atoms with Gasteiger partial charge in [0.2, 0.25) is 5.91 Å². The number of carbonyl (C=O) groups is 1. The maximum Gasteiger partial charge on any atom is 0.262 e. The number of thiophene rings is 1. The molecule has 0 fully saturated rings. The summed E-state index contributed by atoms with van der Waals surface area (Å²) in [5.74, 6) is 1.04. The highest BCUT2D eigenvalue weighted by atomic mass is 32.1. The van der Waals surface area contributed by atoms with Crippen molar-refractivity contribution in [2.75, 3.05) is 7.11 Å². The SMILES string of the molecule is CCc1nc2scc(-c3ccc(OC)c(C)c3)c2c(=O)n1CCC(N)=O. The van der Waals surface area contributed by atoms with Crippen LogP contribution in [-0.2, 0) is 17.8 Å². The molecular weight excluding hydrogens is 350 g/mol. The summed E-state index contributed by atoms with van der Waals surface area (Å²) in [4.78, 5) is 29.6. The number of hydrogen-bond acceptors (Lipinski definition) is 5. The molecule has 0 aliphatic rings. The molecule has 0 saturated carbocycles. The Kier molecular flexibility index (Phi) is 5.08. The smallest absolute Gasteiger partial charge is 0.262 e. The molecule has 0 radical (unpaired) electrons. The van der Waals surface area contributed by atoms with Crippen molar-refractivity contribution in [1.82, 2.24) is 9.55 Å². The van der Waals surface area contributed by atoms with Crippen molar-refractivity contribution in [2.24, 2.45) is 5.73 Å². The Morgan fingerprint density at radius 2 is 2.15 bits per heavy atom. The maximum atomic E-state index is 13.1. The molecule has 2 aromatic heterocycles. The number of amides is 1. The van der Waals surface area contributed by atoms with Crippen LogP contribution < -0.4 is 16.0 Å². The molecule has 0 atom stereocenters. The van der Waals surface area contributed by atoms with Gasteiger partial charge in [-0.25, -0.2) is 4.98 Å². The third-order valence-electron chi connectivity index (χ3n) is 4.38. The fraction of sp³-hybridized carbons (Fsp3) is 0.316. The molecule has 0 spiro atoms. The van der Waals surface area contributed by atoms with E-state index in [2.05, 4.69) is 4.98 Å². The number of fused-ring (bicyclic) bond motifs is 1. The highest BCUT2D eigenvalue weighted by molar-refractivity contribution is 7.17. The topological polar surface area (TPSA) is 87.2 Å². The van der Waals surface area contributed by atoms with E-state index in [9.17, 15) is 9.59 Å². The second-order valence-electron chi connectivity index (χ2n) is 6.07. The van der Waals surface area contributed by atoms with E-state index >= 15 is 0 Å². The molecule has 0 unspecified atom stereocenters. The number of ether oxygens (including phenoxy) is 1. The summed E-state index contributed by atoms with van der Waals surface area (Å²) < 4.78 is 6.88. The number of aromatic nitrogens is 2. The average molecular weight is 371 g/mol. The van der Waals surface area contributed by atoms with Gasteiger partial charge in [-0.15, -0.1) is 11.3 Å². The molecule has 0 aliphatic carbocycles. The number of rotatable bonds is 6. The van der Waals surface area contributed by atoms with Crippen molar-refractivity contribution >= 4 is 27.5 Å². The van der Waals surface area contributed by atoms with E-state index in [1.165, 1.54) is 11.3 Å². The highest BCUT2D eigenvalue weighted by Crippen LogP contribution is 2.33. The summed E-state index contributed by atoms with van der Waals surface area (Å²) in [6.07, 6.45) is 0.722. The summed E-state index contributed by atoms with van der Waals surface area (Å²) in [5, 5.41) is 2.54. The Hall–Kier alpha value is -2.67. The lowest BCUT2D eigenvalue weighted by Gasteiger charge is -2.11.